The number of anilines is 1. The fourth-order valence-corrected chi connectivity index (χ4v) is 3.91. The highest BCUT2D eigenvalue weighted by Gasteiger charge is 2.26. The molecule has 2 heterocycles. The lowest BCUT2D eigenvalue weighted by molar-refractivity contribution is 0.0696. The maximum atomic E-state index is 11.4. The largest absolute Gasteiger partial charge is 0.493 e. The van der Waals surface area contributed by atoms with E-state index in [1.54, 1.807) is 6.07 Å². The van der Waals surface area contributed by atoms with Gasteiger partial charge in [-0.15, -0.1) is 0 Å². The molecule has 0 amide bonds. The van der Waals surface area contributed by atoms with Gasteiger partial charge in [-0.2, -0.15) is 0 Å². The van der Waals surface area contributed by atoms with Crippen LogP contribution in [0, 0.1) is 6.92 Å². The summed E-state index contributed by atoms with van der Waals surface area (Å²) in [6.07, 6.45) is 2.42. The summed E-state index contributed by atoms with van der Waals surface area (Å²) in [5, 5.41) is 9.38. The zero-order chi connectivity index (χ0) is 21.1. The number of aromatic nitrogens is 1. The summed E-state index contributed by atoms with van der Waals surface area (Å²) in [5.41, 5.74) is 4.77. The summed E-state index contributed by atoms with van der Waals surface area (Å²) in [4.78, 5) is 18.0. The Morgan fingerprint density at radius 3 is 2.77 bits per heavy atom. The smallest absolute Gasteiger partial charge is 0.335 e. The number of fused-ring (bicyclic) bond motifs is 1. The molecule has 1 aliphatic heterocycles. The molecule has 0 fully saturated rings. The first-order valence-corrected chi connectivity index (χ1v) is 9.98. The van der Waals surface area contributed by atoms with Crippen molar-refractivity contribution < 1.29 is 14.6 Å². The molecule has 1 atom stereocenters. The molecule has 3 aromatic rings. The molecule has 5 nitrogen and oxygen atoms in total. The second-order valence-electron chi connectivity index (χ2n) is 7.45. The fraction of sp³-hybridized carbons (Fsp3) is 0.200. The van der Waals surface area contributed by atoms with Crippen molar-refractivity contribution in [3.63, 3.8) is 0 Å². The molecule has 4 rings (SSSR count). The Morgan fingerprint density at radius 1 is 1.20 bits per heavy atom. The van der Waals surface area contributed by atoms with Gasteiger partial charge in [0.05, 0.1) is 23.6 Å². The Labute approximate surface area is 176 Å². The van der Waals surface area contributed by atoms with Crippen LogP contribution in [-0.2, 0) is 0 Å². The number of para-hydroxylation sites is 2. The van der Waals surface area contributed by atoms with Gasteiger partial charge < -0.3 is 14.7 Å². The predicted octanol–water partition coefficient (Wildman–Crippen LogP) is 5.13. The molecule has 0 spiro atoms. The van der Waals surface area contributed by atoms with Gasteiger partial charge in [0.2, 0.25) is 0 Å². The SMILES string of the molecule is C=C(c1cc(C(=O)O)ccn1)N(CC1CCOc2ccccc21)c1ccccc1C. The van der Waals surface area contributed by atoms with Gasteiger partial charge >= 0.3 is 5.97 Å². The van der Waals surface area contributed by atoms with Gasteiger partial charge in [-0.05, 0) is 48.7 Å². The van der Waals surface area contributed by atoms with Crippen molar-refractivity contribution in [1.29, 1.82) is 0 Å². The second kappa shape index (κ2) is 8.41. The maximum Gasteiger partial charge on any atom is 0.335 e. The van der Waals surface area contributed by atoms with E-state index in [0.717, 1.165) is 23.4 Å². The molecule has 30 heavy (non-hydrogen) atoms. The number of carbonyl (C=O) groups is 1. The zero-order valence-corrected chi connectivity index (χ0v) is 16.9. The van der Waals surface area contributed by atoms with Crippen LogP contribution in [-0.4, -0.2) is 29.2 Å². The number of aryl methyl sites for hydroxylation is 1. The van der Waals surface area contributed by atoms with Crippen molar-refractivity contribution in [2.75, 3.05) is 18.1 Å². The summed E-state index contributed by atoms with van der Waals surface area (Å²) in [6.45, 7) is 7.73. The summed E-state index contributed by atoms with van der Waals surface area (Å²) in [7, 11) is 0. The maximum absolute atomic E-state index is 11.4. The first kappa shape index (κ1) is 19.7. The minimum Gasteiger partial charge on any atom is -0.493 e. The van der Waals surface area contributed by atoms with Gasteiger partial charge in [-0.3, -0.25) is 4.98 Å². The highest BCUT2D eigenvalue weighted by atomic mass is 16.5. The molecule has 5 heteroatoms. The van der Waals surface area contributed by atoms with Crippen molar-refractivity contribution in [2.24, 2.45) is 0 Å². The van der Waals surface area contributed by atoms with E-state index >= 15 is 0 Å². The Bertz CT molecular complexity index is 1090. The van der Waals surface area contributed by atoms with Crippen LogP contribution >= 0.6 is 0 Å². The molecule has 1 N–H and O–H groups in total. The number of carboxylic acids is 1. The first-order chi connectivity index (χ1) is 14.5. The van der Waals surface area contributed by atoms with E-state index in [2.05, 4.69) is 41.6 Å². The predicted molar refractivity (Wildman–Crippen MR) is 118 cm³/mol. The van der Waals surface area contributed by atoms with E-state index in [-0.39, 0.29) is 11.5 Å². The van der Waals surface area contributed by atoms with Crippen molar-refractivity contribution >= 4 is 17.4 Å². The zero-order valence-electron chi connectivity index (χ0n) is 16.9. The molecule has 0 radical (unpaired) electrons. The number of pyridine rings is 1. The molecular weight excluding hydrogens is 376 g/mol. The number of hydrogen-bond donors (Lipinski definition) is 1. The van der Waals surface area contributed by atoms with Crippen LogP contribution in [0.3, 0.4) is 0 Å². The van der Waals surface area contributed by atoms with Crippen LogP contribution < -0.4 is 9.64 Å². The monoisotopic (exact) mass is 400 g/mol. The van der Waals surface area contributed by atoms with Gasteiger partial charge in [0.25, 0.3) is 0 Å². The number of hydrogen-bond acceptors (Lipinski definition) is 4. The Balaban J connectivity index is 1.73. The van der Waals surface area contributed by atoms with Crippen molar-refractivity contribution in [3.8, 4) is 5.75 Å². The molecule has 0 saturated carbocycles. The normalized spacial score (nSPS) is 15.0. The first-order valence-electron chi connectivity index (χ1n) is 9.98. The van der Waals surface area contributed by atoms with Gasteiger partial charge in [0.15, 0.2) is 0 Å². The minimum absolute atomic E-state index is 0.197. The number of ether oxygens (including phenoxy) is 1. The molecule has 1 unspecified atom stereocenters. The molecule has 0 bridgehead atoms. The molecule has 0 aliphatic carbocycles. The topological polar surface area (TPSA) is 62.7 Å². The van der Waals surface area contributed by atoms with Gasteiger partial charge in [0.1, 0.15) is 5.75 Å². The highest BCUT2D eigenvalue weighted by Crippen LogP contribution is 2.37. The standard InChI is InChI=1S/C25H24N2O3/c1-17-7-3-5-9-23(17)27(18(2)22-15-19(25(28)29)11-13-26-22)16-20-12-14-30-24-10-6-4-8-21(20)24/h3-11,13,15,20H,2,12,14,16H2,1H3,(H,28,29). The van der Waals surface area contributed by atoms with Crippen LogP contribution in [0.15, 0.2) is 73.4 Å². The molecule has 2 aromatic carbocycles. The average Bonchev–Trinajstić information content (AvgIpc) is 2.78. The van der Waals surface area contributed by atoms with Crippen molar-refractivity contribution in [2.45, 2.75) is 19.3 Å². The van der Waals surface area contributed by atoms with Gasteiger partial charge in [0, 0.05) is 24.3 Å². The van der Waals surface area contributed by atoms with Crippen LogP contribution in [0.1, 0.15) is 39.5 Å². The molecular formula is C25H24N2O3. The third kappa shape index (κ3) is 3.92. The lowest BCUT2D eigenvalue weighted by atomic mass is 9.92. The Hall–Kier alpha value is -3.60. The van der Waals surface area contributed by atoms with Crippen LogP contribution in [0.5, 0.6) is 5.75 Å². The number of nitrogens with zero attached hydrogens (tertiary/aromatic N) is 2. The van der Waals surface area contributed by atoms with E-state index in [1.165, 1.54) is 17.8 Å². The van der Waals surface area contributed by atoms with E-state index < -0.39 is 5.97 Å². The van der Waals surface area contributed by atoms with E-state index in [1.807, 2.05) is 30.3 Å². The van der Waals surface area contributed by atoms with Crippen LogP contribution in [0.4, 0.5) is 5.69 Å². The lowest BCUT2D eigenvalue weighted by Gasteiger charge is -2.34. The summed E-state index contributed by atoms with van der Waals surface area (Å²) < 4.78 is 5.83. The van der Waals surface area contributed by atoms with E-state index in [0.29, 0.717) is 24.5 Å². The number of carboxylic acid groups (broad SMARTS) is 1. The number of aromatic carboxylic acids is 1. The Kier molecular flexibility index (Phi) is 5.53. The number of rotatable bonds is 6. The second-order valence-corrected chi connectivity index (χ2v) is 7.45. The van der Waals surface area contributed by atoms with Crippen LogP contribution in [0.2, 0.25) is 0 Å². The van der Waals surface area contributed by atoms with Gasteiger partial charge in [-0.1, -0.05) is 43.0 Å². The quantitative estimate of drug-likeness (QED) is 0.621. The van der Waals surface area contributed by atoms with Crippen LogP contribution in [0.25, 0.3) is 5.70 Å². The van der Waals surface area contributed by atoms with Crippen molar-refractivity contribution in [3.05, 3.63) is 95.8 Å². The third-order valence-corrected chi connectivity index (χ3v) is 5.52. The summed E-state index contributed by atoms with van der Waals surface area (Å²) in [6, 6.07) is 19.3. The molecule has 152 valence electrons. The Morgan fingerprint density at radius 2 is 1.97 bits per heavy atom. The average molecular weight is 400 g/mol. The van der Waals surface area contributed by atoms with Crippen molar-refractivity contribution in [1.82, 2.24) is 4.98 Å². The third-order valence-electron chi connectivity index (χ3n) is 5.52. The molecule has 1 aliphatic rings. The highest BCUT2D eigenvalue weighted by molar-refractivity contribution is 5.89. The molecule has 1 aromatic heterocycles. The number of benzene rings is 2. The summed E-state index contributed by atoms with van der Waals surface area (Å²) >= 11 is 0. The fourth-order valence-electron chi connectivity index (χ4n) is 3.91. The minimum atomic E-state index is -0.979. The lowest BCUT2D eigenvalue weighted by Crippen LogP contribution is -2.30. The van der Waals surface area contributed by atoms with E-state index in [4.69, 9.17) is 4.74 Å². The summed E-state index contributed by atoms with van der Waals surface area (Å²) in [5.74, 6) is 0.205. The van der Waals surface area contributed by atoms with Gasteiger partial charge in [-0.25, -0.2) is 4.79 Å². The van der Waals surface area contributed by atoms with E-state index in [9.17, 15) is 9.90 Å². The molecule has 0 saturated heterocycles.